The number of benzene rings is 1. The van der Waals surface area contributed by atoms with Crippen molar-refractivity contribution in [1.82, 2.24) is 20.3 Å². The van der Waals surface area contributed by atoms with Crippen LogP contribution in [0, 0.1) is 5.82 Å². The topological polar surface area (TPSA) is 71.8 Å². The van der Waals surface area contributed by atoms with Gasteiger partial charge in [0.15, 0.2) is 5.69 Å². The van der Waals surface area contributed by atoms with Crippen molar-refractivity contribution < 1.29 is 18.0 Å². The van der Waals surface area contributed by atoms with E-state index >= 15 is 0 Å². The summed E-state index contributed by atoms with van der Waals surface area (Å²) in [6, 6.07) is 3.81. The van der Waals surface area contributed by atoms with Crippen LogP contribution in [0.1, 0.15) is 29.4 Å². The Morgan fingerprint density at radius 1 is 1.38 bits per heavy atom. The van der Waals surface area contributed by atoms with Crippen molar-refractivity contribution in [3.8, 4) is 0 Å². The molecule has 1 amide bonds. The van der Waals surface area contributed by atoms with E-state index in [0.717, 1.165) is 49.8 Å². The highest BCUT2D eigenvalue weighted by atomic mass is 32.2. The van der Waals surface area contributed by atoms with Crippen molar-refractivity contribution in [3.05, 3.63) is 35.9 Å². The van der Waals surface area contributed by atoms with Crippen LogP contribution in [0.3, 0.4) is 0 Å². The normalized spacial score (nSPS) is 15.4. The van der Waals surface area contributed by atoms with E-state index in [4.69, 9.17) is 0 Å². The molecule has 1 aliphatic rings. The minimum Gasteiger partial charge on any atom is -0.319 e. The number of aromatic nitrogens is 3. The van der Waals surface area contributed by atoms with Crippen molar-refractivity contribution in [2.45, 2.75) is 30.2 Å². The Hall–Kier alpha value is -2.07. The van der Waals surface area contributed by atoms with Gasteiger partial charge in [-0.1, -0.05) is 5.21 Å². The van der Waals surface area contributed by atoms with E-state index in [1.54, 1.807) is 10.9 Å². The number of nitrogens with one attached hydrogen (secondary N) is 2. The largest absolute Gasteiger partial charge is 0.319 e. The third-order valence-corrected chi connectivity index (χ3v) is 5.07. The Morgan fingerprint density at radius 3 is 2.88 bits per heavy atom. The van der Waals surface area contributed by atoms with E-state index in [1.807, 2.05) is 0 Å². The number of hydrogen-bond acceptors (Lipinski definition) is 5. The Balaban J connectivity index is 1.71. The summed E-state index contributed by atoms with van der Waals surface area (Å²) < 4.78 is 40.0. The zero-order valence-electron chi connectivity index (χ0n) is 13.8. The molecule has 2 heterocycles. The second-order valence-corrected chi connectivity index (χ2v) is 6.92. The highest BCUT2D eigenvalue weighted by Crippen LogP contribution is 2.29. The molecule has 140 valence electrons. The summed E-state index contributed by atoms with van der Waals surface area (Å²) in [6.45, 7) is 1.75. The number of halogens is 3. The van der Waals surface area contributed by atoms with E-state index < -0.39 is 23.9 Å². The number of rotatable bonds is 6. The van der Waals surface area contributed by atoms with Gasteiger partial charge in [0, 0.05) is 4.90 Å². The summed E-state index contributed by atoms with van der Waals surface area (Å²) in [6.07, 6.45) is 0.834. The van der Waals surface area contributed by atoms with Crippen LogP contribution in [0.2, 0.25) is 0 Å². The molecule has 10 heteroatoms. The van der Waals surface area contributed by atoms with Crippen LogP contribution in [-0.4, -0.2) is 46.2 Å². The van der Waals surface area contributed by atoms with E-state index in [-0.39, 0.29) is 17.4 Å². The Labute approximate surface area is 152 Å². The zero-order chi connectivity index (χ0) is 18.5. The molecular weight excluding hydrogens is 367 g/mol. The van der Waals surface area contributed by atoms with Crippen LogP contribution < -0.4 is 10.6 Å². The molecule has 1 aromatic carbocycles. The van der Waals surface area contributed by atoms with Crippen LogP contribution in [0.25, 0.3) is 0 Å². The van der Waals surface area contributed by atoms with Gasteiger partial charge in [0.05, 0.1) is 23.7 Å². The molecule has 26 heavy (non-hydrogen) atoms. The van der Waals surface area contributed by atoms with E-state index in [1.165, 1.54) is 6.07 Å². The molecule has 1 fully saturated rings. The SMILES string of the molecule is O=C(Nc1cc(F)ccc1SCC(F)F)c1cn(C2CCNCC2)nn1. The quantitative estimate of drug-likeness (QED) is 0.748. The zero-order valence-corrected chi connectivity index (χ0v) is 14.6. The lowest BCUT2D eigenvalue weighted by Gasteiger charge is -2.22. The lowest BCUT2D eigenvalue weighted by Crippen LogP contribution is -2.29. The maximum absolute atomic E-state index is 13.5. The number of anilines is 1. The van der Waals surface area contributed by atoms with Crippen molar-refractivity contribution in [3.63, 3.8) is 0 Å². The van der Waals surface area contributed by atoms with Gasteiger partial charge in [-0.15, -0.1) is 16.9 Å². The molecule has 0 atom stereocenters. The first-order valence-electron chi connectivity index (χ1n) is 8.17. The first kappa shape index (κ1) is 18.7. The van der Waals surface area contributed by atoms with Crippen LogP contribution >= 0.6 is 11.8 Å². The van der Waals surface area contributed by atoms with Crippen molar-refractivity contribution >= 4 is 23.4 Å². The fourth-order valence-corrected chi connectivity index (χ4v) is 3.43. The van der Waals surface area contributed by atoms with Gasteiger partial charge in [0.25, 0.3) is 5.91 Å². The number of thioether (sulfide) groups is 1. The predicted molar refractivity (Wildman–Crippen MR) is 92.2 cm³/mol. The second kappa shape index (κ2) is 8.54. The summed E-state index contributed by atoms with van der Waals surface area (Å²) >= 11 is 0.849. The van der Waals surface area contributed by atoms with Crippen LogP contribution in [0.5, 0.6) is 0 Å². The first-order valence-corrected chi connectivity index (χ1v) is 9.16. The molecule has 1 saturated heterocycles. The number of piperidine rings is 1. The predicted octanol–water partition coefficient (Wildman–Crippen LogP) is 2.95. The molecule has 0 saturated carbocycles. The lowest BCUT2D eigenvalue weighted by atomic mass is 10.1. The van der Waals surface area contributed by atoms with Gasteiger partial charge in [0.1, 0.15) is 5.82 Å². The van der Waals surface area contributed by atoms with Gasteiger partial charge in [-0.2, -0.15) is 0 Å². The van der Waals surface area contributed by atoms with Crippen LogP contribution in [-0.2, 0) is 0 Å². The van der Waals surface area contributed by atoms with E-state index in [2.05, 4.69) is 20.9 Å². The number of amides is 1. The summed E-state index contributed by atoms with van der Waals surface area (Å²) in [5, 5.41) is 13.7. The number of carbonyl (C=O) groups excluding carboxylic acids is 1. The van der Waals surface area contributed by atoms with Gasteiger partial charge in [-0.25, -0.2) is 17.9 Å². The molecule has 1 aromatic heterocycles. The summed E-state index contributed by atoms with van der Waals surface area (Å²) in [7, 11) is 0. The molecular formula is C16H18F3N5OS. The van der Waals surface area contributed by atoms with Gasteiger partial charge < -0.3 is 10.6 Å². The molecule has 1 aliphatic heterocycles. The minimum atomic E-state index is -2.50. The highest BCUT2D eigenvalue weighted by molar-refractivity contribution is 7.99. The van der Waals surface area contributed by atoms with Gasteiger partial charge in [0.2, 0.25) is 6.43 Å². The summed E-state index contributed by atoms with van der Waals surface area (Å²) in [5.74, 6) is -1.57. The molecule has 0 aliphatic carbocycles. The maximum Gasteiger partial charge on any atom is 0.277 e. The Morgan fingerprint density at radius 2 is 2.15 bits per heavy atom. The van der Waals surface area contributed by atoms with Crippen molar-refractivity contribution in [2.75, 3.05) is 24.2 Å². The average Bonchev–Trinajstić information content (AvgIpc) is 3.12. The van der Waals surface area contributed by atoms with E-state index in [0.29, 0.717) is 4.90 Å². The molecule has 0 unspecified atom stereocenters. The molecule has 6 nitrogen and oxygen atoms in total. The molecule has 2 N–H and O–H groups in total. The van der Waals surface area contributed by atoms with Crippen molar-refractivity contribution in [1.29, 1.82) is 0 Å². The molecule has 0 spiro atoms. The average molecular weight is 385 g/mol. The number of hydrogen-bond donors (Lipinski definition) is 2. The Bertz CT molecular complexity index is 764. The molecule has 0 bridgehead atoms. The fraction of sp³-hybridized carbons (Fsp3) is 0.438. The highest BCUT2D eigenvalue weighted by Gasteiger charge is 2.19. The standard InChI is InChI=1S/C16H18F3N5OS/c17-10-1-2-14(26-9-15(18)19)12(7-10)21-16(25)13-8-24(23-22-13)11-3-5-20-6-4-11/h1-2,7-8,11,15,20H,3-6,9H2,(H,21,25). The molecule has 2 aromatic rings. The summed E-state index contributed by atoms with van der Waals surface area (Å²) in [4.78, 5) is 12.8. The van der Waals surface area contributed by atoms with Gasteiger partial charge in [-0.05, 0) is 44.1 Å². The van der Waals surface area contributed by atoms with Gasteiger partial charge >= 0.3 is 0 Å². The monoisotopic (exact) mass is 385 g/mol. The third-order valence-electron chi connectivity index (χ3n) is 3.98. The second-order valence-electron chi connectivity index (χ2n) is 5.86. The number of nitrogens with zero attached hydrogens (tertiary/aromatic N) is 3. The Kier molecular flexibility index (Phi) is 6.15. The number of carbonyl (C=O) groups is 1. The van der Waals surface area contributed by atoms with Crippen LogP contribution in [0.4, 0.5) is 18.9 Å². The first-order chi connectivity index (χ1) is 12.5. The van der Waals surface area contributed by atoms with Crippen LogP contribution in [0.15, 0.2) is 29.3 Å². The fourth-order valence-electron chi connectivity index (χ4n) is 2.70. The third kappa shape index (κ3) is 4.76. The lowest BCUT2D eigenvalue weighted by molar-refractivity contribution is 0.102. The van der Waals surface area contributed by atoms with E-state index in [9.17, 15) is 18.0 Å². The molecule has 3 rings (SSSR count). The smallest absolute Gasteiger partial charge is 0.277 e. The van der Waals surface area contributed by atoms with Gasteiger partial charge in [-0.3, -0.25) is 4.79 Å². The van der Waals surface area contributed by atoms with Crippen molar-refractivity contribution in [2.24, 2.45) is 0 Å². The maximum atomic E-state index is 13.5. The minimum absolute atomic E-state index is 0.0950. The molecule has 0 radical (unpaired) electrons. The number of alkyl halides is 2. The summed E-state index contributed by atoms with van der Waals surface area (Å²) in [5.41, 5.74) is 0.231.